The van der Waals surface area contributed by atoms with E-state index >= 15 is 0 Å². The molecule has 0 fully saturated rings. The van der Waals surface area contributed by atoms with Gasteiger partial charge >= 0.3 is 0 Å². The van der Waals surface area contributed by atoms with Crippen LogP contribution >= 0.6 is 0 Å². The van der Waals surface area contributed by atoms with Gasteiger partial charge < -0.3 is 10.6 Å². The van der Waals surface area contributed by atoms with Crippen LogP contribution < -0.4 is 10.6 Å². The van der Waals surface area contributed by atoms with Gasteiger partial charge in [0.15, 0.2) is 0 Å². The van der Waals surface area contributed by atoms with E-state index in [0.717, 1.165) is 11.1 Å². The number of aryl methyl sites for hydroxylation is 1. The zero-order chi connectivity index (χ0) is 16.7. The van der Waals surface area contributed by atoms with E-state index in [1.807, 2.05) is 25.1 Å². The van der Waals surface area contributed by atoms with Crippen molar-refractivity contribution in [3.8, 4) is 6.07 Å². The number of hydrogen-bond acceptors (Lipinski definition) is 3. The zero-order valence-electron chi connectivity index (χ0n) is 12.8. The van der Waals surface area contributed by atoms with Gasteiger partial charge in [-0.1, -0.05) is 29.8 Å². The topological polar surface area (TPSA) is 82.0 Å². The largest absolute Gasteiger partial charge is 0.351 e. The van der Waals surface area contributed by atoms with Gasteiger partial charge in [-0.3, -0.25) is 9.59 Å². The minimum Gasteiger partial charge on any atom is -0.351 e. The third-order valence-corrected chi connectivity index (χ3v) is 3.23. The fourth-order valence-electron chi connectivity index (χ4n) is 2.00. The van der Waals surface area contributed by atoms with Crippen molar-refractivity contribution in [3.05, 3.63) is 65.2 Å². The Hall–Kier alpha value is -3.13. The van der Waals surface area contributed by atoms with E-state index < -0.39 is 0 Å². The quantitative estimate of drug-likeness (QED) is 0.891. The molecule has 0 bridgehead atoms. The first kappa shape index (κ1) is 16.2. The SMILES string of the molecule is Cc1ccc(C(=O)Nc2cccc(CNC(=O)CC#N)c2)cc1. The lowest BCUT2D eigenvalue weighted by Crippen LogP contribution is -2.21. The summed E-state index contributed by atoms with van der Waals surface area (Å²) in [7, 11) is 0. The molecule has 0 heterocycles. The molecule has 0 aliphatic carbocycles. The van der Waals surface area contributed by atoms with Crippen LogP contribution in [0.2, 0.25) is 0 Å². The molecule has 2 aromatic rings. The Morgan fingerprint density at radius 2 is 1.87 bits per heavy atom. The maximum Gasteiger partial charge on any atom is 0.255 e. The Balaban J connectivity index is 1.99. The van der Waals surface area contributed by atoms with E-state index in [9.17, 15) is 9.59 Å². The number of rotatable bonds is 5. The van der Waals surface area contributed by atoms with Crippen molar-refractivity contribution in [1.29, 1.82) is 5.26 Å². The Morgan fingerprint density at radius 1 is 1.13 bits per heavy atom. The van der Waals surface area contributed by atoms with E-state index in [1.165, 1.54) is 0 Å². The van der Waals surface area contributed by atoms with Crippen LogP contribution in [-0.2, 0) is 11.3 Å². The maximum absolute atomic E-state index is 12.2. The van der Waals surface area contributed by atoms with Crippen molar-refractivity contribution < 1.29 is 9.59 Å². The summed E-state index contributed by atoms with van der Waals surface area (Å²) in [6.45, 7) is 2.28. The molecule has 5 heteroatoms. The van der Waals surface area contributed by atoms with Gasteiger partial charge in [0.1, 0.15) is 6.42 Å². The number of amides is 2. The normalized spacial score (nSPS) is 9.74. The Bertz CT molecular complexity index is 746. The second kappa shape index (κ2) is 7.76. The van der Waals surface area contributed by atoms with Crippen molar-refractivity contribution in [2.24, 2.45) is 0 Å². The maximum atomic E-state index is 12.2. The first-order chi connectivity index (χ1) is 11.1. The molecule has 2 aromatic carbocycles. The average molecular weight is 307 g/mol. The highest BCUT2D eigenvalue weighted by atomic mass is 16.2. The Kier molecular flexibility index (Phi) is 5.48. The van der Waals surface area contributed by atoms with Gasteiger partial charge in [-0.2, -0.15) is 5.26 Å². The number of hydrogen-bond donors (Lipinski definition) is 2. The zero-order valence-corrected chi connectivity index (χ0v) is 12.8. The van der Waals surface area contributed by atoms with E-state index in [0.29, 0.717) is 17.8 Å². The van der Waals surface area contributed by atoms with Gasteiger partial charge in [0.05, 0.1) is 6.07 Å². The third kappa shape index (κ3) is 4.97. The molecule has 0 unspecified atom stereocenters. The second-order valence-corrected chi connectivity index (χ2v) is 5.13. The summed E-state index contributed by atoms with van der Waals surface area (Å²) in [5.41, 5.74) is 3.18. The standard InChI is InChI=1S/C18H17N3O2/c1-13-5-7-15(8-6-13)18(23)21-16-4-2-3-14(11-16)12-20-17(22)9-10-19/h2-8,11H,9,12H2,1H3,(H,20,22)(H,21,23). The van der Waals surface area contributed by atoms with Crippen LogP contribution in [0, 0.1) is 18.3 Å². The molecule has 0 saturated carbocycles. The van der Waals surface area contributed by atoms with Crippen molar-refractivity contribution in [3.63, 3.8) is 0 Å². The van der Waals surface area contributed by atoms with Crippen molar-refractivity contribution in [1.82, 2.24) is 5.32 Å². The van der Waals surface area contributed by atoms with Gasteiger partial charge in [0.2, 0.25) is 5.91 Å². The van der Waals surface area contributed by atoms with E-state index in [-0.39, 0.29) is 18.2 Å². The van der Waals surface area contributed by atoms with Crippen LogP contribution in [0.25, 0.3) is 0 Å². The molecule has 0 atom stereocenters. The first-order valence-corrected chi connectivity index (χ1v) is 7.19. The summed E-state index contributed by atoms with van der Waals surface area (Å²) in [6.07, 6.45) is -0.163. The molecule has 0 aliphatic rings. The highest BCUT2D eigenvalue weighted by molar-refractivity contribution is 6.04. The monoisotopic (exact) mass is 307 g/mol. The van der Waals surface area contributed by atoms with Crippen LogP contribution in [0.5, 0.6) is 0 Å². The summed E-state index contributed by atoms with van der Waals surface area (Å²) < 4.78 is 0. The van der Waals surface area contributed by atoms with Gasteiger partial charge in [-0.05, 0) is 36.8 Å². The minimum absolute atomic E-state index is 0.163. The molecule has 0 saturated heterocycles. The summed E-state index contributed by atoms with van der Waals surface area (Å²) >= 11 is 0. The van der Waals surface area contributed by atoms with Crippen molar-refractivity contribution >= 4 is 17.5 Å². The van der Waals surface area contributed by atoms with E-state index in [4.69, 9.17) is 5.26 Å². The molecular weight excluding hydrogens is 290 g/mol. The average Bonchev–Trinajstić information content (AvgIpc) is 2.54. The van der Waals surface area contributed by atoms with Crippen LogP contribution in [0.15, 0.2) is 48.5 Å². The van der Waals surface area contributed by atoms with Crippen molar-refractivity contribution in [2.45, 2.75) is 19.9 Å². The van der Waals surface area contributed by atoms with Gasteiger partial charge in [0, 0.05) is 17.8 Å². The smallest absolute Gasteiger partial charge is 0.255 e. The highest BCUT2D eigenvalue weighted by Gasteiger charge is 2.06. The van der Waals surface area contributed by atoms with Gasteiger partial charge in [0.25, 0.3) is 5.91 Å². The molecule has 0 aromatic heterocycles. The number of nitriles is 1. The van der Waals surface area contributed by atoms with Crippen LogP contribution in [-0.4, -0.2) is 11.8 Å². The van der Waals surface area contributed by atoms with Crippen molar-refractivity contribution in [2.75, 3.05) is 5.32 Å². The molecule has 2 rings (SSSR count). The number of carbonyl (C=O) groups excluding carboxylic acids is 2. The Morgan fingerprint density at radius 3 is 2.57 bits per heavy atom. The lowest BCUT2D eigenvalue weighted by molar-refractivity contribution is -0.120. The summed E-state index contributed by atoms with van der Waals surface area (Å²) in [5, 5.41) is 13.9. The van der Waals surface area contributed by atoms with Crippen LogP contribution in [0.4, 0.5) is 5.69 Å². The molecule has 116 valence electrons. The van der Waals surface area contributed by atoms with Crippen LogP contribution in [0.3, 0.4) is 0 Å². The number of carbonyl (C=O) groups is 2. The van der Waals surface area contributed by atoms with E-state index in [1.54, 1.807) is 36.4 Å². The molecule has 0 spiro atoms. The molecule has 0 aliphatic heterocycles. The van der Waals surface area contributed by atoms with Crippen LogP contribution in [0.1, 0.15) is 27.9 Å². The number of nitrogens with one attached hydrogen (secondary N) is 2. The lowest BCUT2D eigenvalue weighted by Gasteiger charge is -2.08. The molecule has 2 amide bonds. The predicted octanol–water partition coefficient (Wildman–Crippen LogP) is 2.78. The molecule has 0 radical (unpaired) electrons. The molecular formula is C18H17N3O2. The summed E-state index contributed by atoms with van der Waals surface area (Å²) in [5.74, 6) is -0.503. The number of nitrogens with zero attached hydrogens (tertiary/aromatic N) is 1. The number of benzene rings is 2. The fraction of sp³-hybridized carbons (Fsp3) is 0.167. The fourth-order valence-corrected chi connectivity index (χ4v) is 2.00. The summed E-state index contributed by atoms with van der Waals surface area (Å²) in [6, 6.07) is 16.3. The summed E-state index contributed by atoms with van der Waals surface area (Å²) in [4.78, 5) is 23.5. The lowest BCUT2D eigenvalue weighted by atomic mass is 10.1. The predicted molar refractivity (Wildman–Crippen MR) is 87.7 cm³/mol. The second-order valence-electron chi connectivity index (χ2n) is 5.13. The molecule has 2 N–H and O–H groups in total. The third-order valence-electron chi connectivity index (χ3n) is 3.23. The minimum atomic E-state index is -0.318. The van der Waals surface area contributed by atoms with Gasteiger partial charge in [-0.25, -0.2) is 0 Å². The first-order valence-electron chi connectivity index (χ1n) is 7.19. The van der Waals surface area contributed by atoms with E-state index in [2.05, 4.69) is 10.6 Å². The Labute approximate surface area is 134 Å². The highest BCUT2D eigenvalue weighted by Crippen LogP contribution is 2.13. The molecule has 5 nitrogen and oxygen atoms in total. The number of anilines is 1. The van der Waals surface area contributed by atoms with Gasteiger partial charge in [-0.15, -0.1) is 0 Å². The molecule has 23 heavy (non-hydrogen) atoms.